The second kappa shape index (κ2) is 9.06. The van der Waals surface area contributed by atoms with Gasteiger partial charge in [0.15, 0.2) is 23.0 Å². The number of hydrogen-bond acceptors (Lipinski definition) is 4. The third-order valence-corrected chi connectivity index (χ3v) is 4.00. The van der Waals surface area contributed by atoms with Crippen LogP contribution in [-0.2, 0) is 12.8 Å². The Kier molecular flexibility index (Phi) is 6.79. The van der Waals surface area contributed by atoms with Crippen LogP contribution in [0.3, 0.4) is 0 Å². The largest absolute Gasteiger partial charge is 0.504 e. The molecule has 130 valence electrons. The van der Waals surface area contributed by atoms with Crippen molar-refractivity contribution in [2.24, 2.45) is 0 Å². The SMILES string of the molecule is CCc1ccc(OC)c(OCCCCc2ccc(O)c(OC)c2)c1. The molecule has 0 radical (unpaired) electrons. The summed E-state index contributed by atoms with van der Waals surface area (Å²) in [6, 6.07) is 11.5. The smallest absolute Gasteiger partial charge is 0.161 e. The Morgan fingerprint density at radius 1 is 0.833 bits per heavy atom. The third kappa shape index (κ3) is 4.82. The number of aromatic hydroxyl groups is 1. The second-order valence-corrected chi connectivity index (χ2v) is 5.65. The van der Waals surface area contributed by atoms with E-state index in [0.717, 1.165) is 42.7 Å². The highest BCUT2D eigenvalue weighted by molar-refractivity contribution is 5.43. The normalized spacial score (nSPS) is 10.5. The van der Waals surface area contributed by atoms with Crippen molar-refractivity contribution in [3.8, 4) is 23.0 Å². The molecule has 4 heteroatoms. The minimum Gasteiger partial charge on any atom is -0.504 e. The lowest BCUT2D eigenvalue weighted by atomic mass is 10.1. The summed E-state index contributed by atoms with van der Waals surface area (Å²) in [6.07, 6.45) is 3.85. The lowest BCUT2D eigenvalue weighted by molar-refractivity contribution is 0.286. The number of benzene rings is 2. The maximum absolute atomic E-state index is 9.61. The van der Waals surface area contributed by atoms with E-state index in [1.54, 1.807) is 20.3 Å². The topological polar surface area (TPSA) is 47.9 Å². The minimum absolute atomic E-state index is 0.174. The lowest BCUT2D eigenvalue weighted by Gasteiger charge is -2.12. The van der Waals surface area contributed by atoms with Gasteiger partial charge in [0.2, 0.25) is 0 Å². The average molecular weight is 330 g/mol. The molecule has 0 amide bonds. The molecule has 0 spiro atoms. The zero-order chi connectivity index (χ0) is 17.4. The summed E-state index contributed by atoms with van der Waals surface area (Å²) in [5.74, 6) is 2.27. The molecule has 0 saturated carbocycles. The Morgan fingerprint density at radius 2 is 1.54 bits per heavy atom. The molecule has 24 heavy (non-hydrogen) atoms. The number of aryl methyl sites for hydroxylation is 2. The van der Waals surface area contributed by atoms with Crippen LogP contribution in [-0.4, -0.2) is 25.9 Å². The molecule has 2 aromatic carbocycles. The molecular formula is C20H26O4. The van der Waals surface area contributed by atoms with Crippen molar-refractivity contribution >= 4 is 0 Å². The van der Waals surface area contributed by atoms with Crippen LogP contribution in [0.15, 0.2) is 36.4 Å². The predicted octanol–water partition coefficient (Wildman–Crippen LogP) is 4.37. The summed E-state index contributed by atoms with van der Waals surface area (Å²) in [5.41, 5.74) is 2.39. The number of rotatable bonds is 9. The monoisotopic (exact) mass is 330 g/mol. The van der Waals surface area contributed by atoms with Crippen molar-refractivity contribution in [2.75, 3.05) is 20.8 Å². The van der Waals surface area contributed by atoms with Crippen LogP contribution in [0.2, 0.25) is 0 Å². The molecule has 0 heterocycles. The molecule has 0 atom stereocenters. The van der Waals surface area contributed by atoms with Gasteiger partial charge in [-0.15, -0.1) is 0 Å². The van der Waals surface area contributed by atoms with Gasteiger partial charge in [-0.2, -0.15) is 0 Å². The summed E-state index contributed by atoms with van der Waals surface area (Å²) in [6.45, 7) is 2.77. The first kappa shape index (κ1) is 18.0. The van der Waals surface area contributed by atoms with E-state index in [2.05, 4.69) is 13.0 Å². The van der Waals surface area contributed by atoms with Crippen LogP contribution in [0.4, 0.5) is 0 Å². The van der Waals surface area contributed by atoms with Gasteiger partial charge < -0.3 is 19.3 Å². The number of methoxy groups -OCH3 is 2. The van der Waals surface area contributed by atoms with Crippen LogP contribution in [0.1, 0.15) is 30.9 Å². The van der Waals surface area contributed by atoms with Gasteiger partial charge in [0.25, 0.3) is 0 Å². The summed E-state index contributed by atoms with van der Waals surface area (Å²) >= 11 is 0. The predicted molar refractivity (Wildman–Crippen MR) is 95.5 cm³/mol. The van der Waals surface area contributed by atoms with E-state index in [-0.39, 0.29) is 5.75 Å². The lowest BCUT2D eigenvalue weighted by Crippen LogP contribution is -2.01. The van der Waals surface area contributed by atoms with Crippen LogP contribution >= 0.6 is 0 Å². The molecule has 0 aliphatic carbocycles. The zero-order valence-electron chi connectivity index (χ0n) is 14.7. The van der Waals surface area contributed by atoms with Crippen LogP contribution < -0.4 is 14.2 Å². The van der Waals surface area contributed by atoms with Crippen LogP contribution in [0.25, 0.3) is 0 Å². The third-order valence-electron chi connectivity index (χ3n) is 4.00. The van der Waals surface area contributed by atoms with E-state index in [0.29, 0.717) is 12.4 Å². The number of unbranched alkanes of at least 4 members (excludes halogenated alkanes) is 1. The fourth-order valence-corrected chi connectivity index (χ4v) is 2.54. The maximum atomic E-state index is 9.61. The van der Waals surface area contributed by atoms with Gasteiger partial charge in [-0.05, 0) is 61.1 Å². The van der Waals surface area contributed by atoms with Crippen LogP contribution in [0.5, 0.6) is 23.0 Å². The van der Waals surface area contributed by atoms with Crippen molar-refractivity contribution in [2.45, 2.75) is 32.6 Å². The van der Waals surface area contributed by atoms with Gasteiger partial charge in [0, 0.05) is 0 Å². The van der Waals surface area contributed by atoms with E-state index in [4.69, 9.17) is 14.2 Å². The quantitative estimate of drug-likeness (QED) is 0.693. The highest BCUT2D eigenvalue weighted by atomic mass is 16.5. The Bertz CT molecular complexity index is 652. The Balaban J connectivity index is 1.81. The van der Waals surface area contributed by atoms with Crippen molar-refractivity contribution in [1.82, 2.24) is 0 Å². The molecule has 0 fully saturated rings. The summed E-state index contributed by atoms with van der Waals surface area (Å²) in [5, 5.41) is 9.61. The molecular weight excluding hydrogens is 304 g/mol. The molecule has 2 aromatic rings. The minimum atomic E-state index is 0.174. The standard InChI is InChI=1S/C20H26O4/c1-4-15-9-11-18(22-2)20(13-15)24-12-6-5-7-16-8-10-17(21)19(14-16)23-3/h8-11,13-14,21H,4-7,12H2,1-3H3. The van der Waals surface area contributed by atoms with Gasteiger partial charge in [-0.3, -0.25) is 0 Å². The first-order valence-corrected chi connectivity index (χ1v) is 8.33. The van der Waals surface area contributed by atoms with E-state index in [9.17, 15) is 5.11 Å². The van der Waals surface area contributed by atoms with E-state index in [1.807, 2.05) is 24.3 Å². The molecule has 0 aromatic heterocycles. The van der Waals surface area contributed by atoms with Crippen molar-refractivity contribution in [3.63, 3.8) is 0 Å². The van der Waals surface area contributed by atoms with Crippen LogP contribution in [0, 0.1) is 0 Å². The van der Waals surface area contributed by atoms with Gasteiger partial charge >= 0.3 is 0 Å². The van der Waals surface area contributed by atoms with E-state index < -0.39 is 0 Å². The number of phenols is 1. The van der Waals surface area contributed by atoms with Gasteiger partial charge in [0.05, 0.1) is 20.8 Å². The summed E-state index contributed by atoms with van der Waals surface area (Å²) in [4.78, 5) is 0. The molecule has 0 unspecified atom stereocenters. The summed E-state index contributed by atoms with van der Waals surface area (Å²) in [7, 11) is 3.22. The molecule has 1 N–H and O–H groups in total. The van der Waals surface area contributed by atoms with E-state index >= 15 is 0 Å². The fourth-order valence-electron chi connectivity index (χ4n) is 2.54. The molecule has 4 nitrogen and oxygen atoms in total. The summed E-state index contributed by atoms with van der Waals surface area (Å²) < 4.78 is 16.4. The molecule has 0 bridgehead atoms. The van der Waals surface area contributed by atoms with Gasteiger partial charge in [0.1, 0.15) is 0 Å². The number of phenolic OH excluding ortho intramolecular Hbond substituents is 1. The van der Waals surface area contributed by atoms with Crippen molar-refractivity contribution in [1.29, 1.82) is 0 Å². The molecule has 0 aliphatic heterocycles. The second-order valence-electron chi connectivity index (χ2n) is 5.65. The van der Waals surface area contributed by atoms with Crippen molar-refractivity contribution < 1.29 is 19.3 Å². The first-order valence-electron chi connectivity index (χ1n) is 8.33. The Hall–Kier alpha value is -2.36. The van der Waals surface area contributed by atoms with Crippen molar-refractivity contribution in [3.05, 3.63) is 47.5 Å². The number of ether oxygens (including phenoxy) is 3. The zero-order valence-corrected chi connectivity index (χ0v) is 14.7. The fraction of sp³-hybridized carbons (Fsp3) is 0.400. The number of hydrogen-bond donors (Lipinski definition) is 1. The molecule has 0 aliphatic rings. The van der Waals surface area contributed by atoms with Gasteiger partial charge in [-0.25, -0.2) is 0 Å². The Morgan fingerprint density at radius 3 is 2.25 bits per heavy atom. The average Bonchev–Trinajstić information content (AvgIpc) is 2.62. The molecule has 0 saturated heterocycles. The Labute approximate surface area is 144 Å². The van der Waals surface area contributed by atoms with E-state index in [1.165, 1.54) is 5.56 Å². The molecule has 2 rings (SSSR count). The highest BCUT2D eigenvalue weighted by Gasteiger charge is 2.06. The van der Waals surface area contributed by atoms with Gasteiger partial charge in [-0.1, -0.05) is 19.1 Å². The first-order chi connectivity index (χ1) is 11.7. The maximum Gasteiger partial charge on any atom is 0.161 e. The highest BCUT2D eigenvalue weighted by Crippen LogP contribution is 2.29.